The summed E-state index contributed by atoms with van der Waals surface area (Å²) in [6, 6.07) is 16.5. The quantitative estimate of drug-likeness (QED) is 0.489. The summed E-state index contributed by atoms with van der Waals surface area (Å²) >= 11 is 0. The van der Waals surface area contributed by atoms with Crippen LogP contribution >= 0.6 is 0 Å². The van der Waals surface area contributed by atoms with Crippen LogP contribution in [0, 0.1) is 0 Å². The molecule has 2 aromatic rings. The Morgan fingerprint density at radius 2 is 1.88 bits per heavy atom. The second-order valence-corrected chi connectivity index (χ2v) is 9.51. The van der Waals surface area contributed by atoms with Gasteiger partial charge in [-0.1, -0.05) is 42.5 Å². The molecule has 2 aliphatic heterocycles. The molecule has 1 atom stereocenters. The number of ether oxygens (including phenoxy) is 4. The van der Waals surface area contributed by atoms with Crippen LogP contribution in [0.15, 0.2) is 83.3 Å². The molecule has 0 saturated heterocycles. The summed E-state index contributed by atoms with van der Waals surface area (Å²) in [6.45, 7) is 8.04. The minimum Gasteiger partial charge on any atom is -0.494 e. The number of allylic oxidation sites excluding steroid dienone is 2. The van der Waals surface area contributed by atoms with Gasteiger partial charge < -0.3 is 18.9 Å². The third-order valence-corrected chi connectivity index (χ3v) is 6.44. The molecular weight excluding hydrogens is 412 g/mol. The van der Waals surface area contributed by atoms with Crippen LogP contribution in [0.2, 0.25) is 0 Å². The van der Waals surface area contributed by atoms with Crippen molar-refractivity contribution < 1.29 is 18.9 Å². The van der Waals surface area contributed by atoms with Gasteiger partial charge in [-0.15, -0.1) is 0 Å². The van der Waals surface area contributed by atoms with Crippen molar-refractivity contribution in [2.24, 2.45) is 0 Å². The Morgan fingerprint density at radius 3 is 2.70 bits per heavy atom. The zero-order chi connectivity index (χ0) is 22.8. The molecule has 5 rings (SSSR count). The van der Waals surface area contributed by atoms with Crippen molar-refractivity contribution in [3.8, 4) is 11.5 Å². The first-order valence-corrected chi connectivity index (χ1v) is 11.9. The van der Waals surface area contributed by atoms with Gasteiger partial charge in [0.1, 0.15) is 35.2 Å². The van der Waals surface area contributed by atoms with Gasteiger partial charge in [0.2, 0.25) is 0 Å². The lowest BCUT2D eigenvalue weighted by atomic mass is 9.83. The van der Waals surface area contributed by atoms with E-state index in [0.29, 0.717) is 19.8 Å². The maximum Gasteiger partial charge on any atom is 0.129 e. The summed E-state index contributed by atoms with van der Waals surface area (Å²) < 4.78 is 24.7. The van der Waals surface area contributed by atoms with Crippen molar-refractivity contribution in [2.45, 2.75) is 58.2 Å². The van der Waals surface area contributed by atoms with E-state index in [1.807, 2.05) is 37.3 Å². The van der Waals surface area contributed by atoms with Gasteiger partial charge in [-0.05, 0) is 56.9 Å². The van der Waals surface area contributed by atoms with Gasteiger partial charge in [0.05, 0.1) is 18.8 Å². The molecule has 3 aliphatic rings. The Bertz CT molecular complexity index is 1110. The fourth-order valence-corrected chi connectivity index (χ4v) is 4.76. The van der Waals surface area contributed by atoms with Crippen molar-refractivity contribution in [3.05, 3.63) is 94.5 Å². The third kappa shape index (κ3) is 4.66. The van der Waals surface area contributed by atoms with Gasteiger partial charge >= 0.3 is 0 Å². The van der Waals surface area contributed by atoms with Crippen LogP contribution in [0.1, 0.15) is 57.1 Å². The molecule has 0 N–H and O–H groups in total. The summed E-state index contributed by atoms with van der Waals surface area (Å²) in [6.07, 6.45) is 7.19. The Kier molecular flexibility index (Phi) is 5.92. The lowest BCUT2D eigenvalue weighted by Crippen LogP contribution is -2.30. The number of rotatable bonds is 6. The van der Waals surface area contributed by atoms with Crippen molar-refractivity contribution in [1.29, 1.82) is 0 Å². The first-order chi connectivity index (χ1) is 16.0. The molecule has 4 nitrogen and oxygen atoms in total. The predicted molar refractivity (Wildman–Crippen MR) is 129 cm³/mol. The topological polar surface area (TPSA) is 36.9 Å². The number of hydrogen-bond acceptors (Lipinski definition) is 4. The third-order valence-electron chi connectivity index (χ3n) is 6.44. The van der Waals surface area contributed by atoms with Crippen LogP contribution in [0.4, 0.5) is 0 Å². The lowest BCUT2D eigenvalue weighted by Gasteiger charge is -2.38. The predicted octanol–water partition coefficient (Wildman–Crippen LogP) is 6.84. The van der Waals surface area contributed by atoms with Crippen molar-refractivity contribution in [1.82, 2.24) is 0 Å². The average Bonchev–Trinajstić information content (AvgIpc) is 2.82. The summed E-state index contributed by atoms with van der Waals surface area (Å²) in [5, 5.41) is 0. The van der Waals surface area contributed by atoms with E-state index in [0.717, 1.165) is 53.4 Å². The van der Waals surface area contributed by atoms with E-state index >= 15 is 0 Å². The minimum absolute atomic E-state index is 0.155. The maximum absolute atomic E-state index is 6.39. The van der Waals surface area contributed by atoms with Crippen LogP contribution in [-0.2, 0) is 16.1 Å². The first-order valence-electron chi connectivity index (χ1n) is 11.9. The van der Waals surface area contributed by atoms with Crippen LogP contribution in [0.5, 0.6) is 11.5 Å². The highest BCUT2D eigenvalue weighted by Gasteiger charge is 2.35. The van der Waals surface area contributed by atoms with E-state index in [1.165, 1.54) is 11.1 Å². The Labute approximate surface area is 196 Å². The molecule has 0 fully saturated rings. The molecular formula is C29H32O4. The van der Waals surface area contributed by atoms with E-state index < -0.39 is 0 Å². The van der Waals surface area contributed by atoms with Crippen LogP contribution < -0.4 is 9.47 Å². The molecule has 0 spiro atoms. The van der Waals surface area contributed by atoms with Gasteiger partial charge in [0.25, 0.3) is 0 Å². The summed E-state index contributed by atoms with van der Waals surface area (Å²) in [5.74, 6) is 3.94. The van der Waals surface area contributed by atoms with Crippen LogP contribution in [0.25, 0.3) is 0 Å². The molecule has 1 aliphatic carbocycles. The molecule has 0 amide bonds. The van der Waals surface area contributed by atoms with E-state index in [4.69, 9.17) is 18.9 Å². The highest BCUT2D eigenvalue weighted by molar-refractivity contribution is 5.51. The van der Waals surface area contributed by atoms with Gasteiger partial charge in [-0.25, -0.2) is 0 Å². The lowest BCUT2D eigenvalue weighted by molar-refractivity contribution is 0.0298. The first kappa shape index (κ1) is 21.7. The smallest absolute Gasteiger partial charge is 0.129 e. The molecule has 2 heterocycles. The van der Waals surface area contributed by atoms with Gasteiger partial charge in [-0.2, -0.15) is 0 Å². The summed E-state index contributed by atoms with van der Waals surface area (Å²) in [7, 11) is 0. The summed E-state index contributed by atoms with van der Waals surface area (Å²) in [4.78, 5) is 0. The molecule has 0 aromatic heterocycles. The molecule has 0 bridgehead atoms. The molecule has 0 unspecified atom stereocenters. The highest BCUT2D eigenvalue weighted by atomic mass is 16.5. The van der Waals surface area contributed by atoms with Gasteiger partial charge in [0, 0.05) is 24.0 Å². The SMILES string of the molecule is CCOc1ccc([C@H]2COC3=C(CC=C4OC(C)(C)CC=C43)C2)c(OCc2ccccc2)c1. The van der Waals surface area contributed by atoms with E-state index in [1.54, 1.807) is 0 Å². The Hall–Kier alpha value is -3.14. The second kappa shape index (κ2) is 9.01. The number of fused-ring (bicyclic) bond motifs is 2. The Balaban J connectivity index is 1.39. The van der Waals surface area contributed by atoms with E-state index in [2.05, 4.69) is 44.2 Å². The highest BCUT2D eigenvalue weighted by Crippen LogP contribution is 2.46. The minimum atomic E-state index is -0.155. The van der Waals surface area contributed by atoms with Crippen molar-refractivity contribution in [3.63, 3.8) is 0 Å². The largest absolute Gasteiger partial charge is 0.494 e. The second-order valence-electron chi connectivity index (χ2n) is 9.51. The molecule has 33 heavy (non-hydrogen) atoms. The van der Waals surface area contributed by atoms with Crippen LogP contribution in [-0.4, -0.2) is 18.8 Å². The molecule has 0 radical (unpaired) electrons. The van der Waals surface area contributed by atoms with Gasteiger partial charge in [0.15, 0.2) is 0 Å². The molecule has 2 aromatic carbocycles. The summed E-state index contributed by atoms with van der Waals surface area (Å²) in [5.41, 5.74) is 4.63. The normalized spacial score (nSPS) is 21.0. The Morgan fingerprint density at radius 1 is 1.03 bits per heavy atom. The van der Waals surface area contributed by atoms with Gasteiger partial charge in [-0.3, -0.25) is 0 Å². The molecule has 0 saturated carbocycles. The van der Waals surface area contributed by atoms with Crippen molar-refractivity contribution >= 4 is 0 Å². The fourth-order valence-electron chi connectivity index (χ4n) is 4.76. The standard InChI is InChI=1S/C29H32O4/c1-4-30-23-11-12-24(27(17-23)31-18-20-8-6-5-7-9-20)22-16-21-10-13-26-25(28(21)32-19-22)14-15-29(2,3)33-26/h5-9,11-14,17,22H,4,10,15-16,18-19H2,1-3H3/t22-/m1/s1. The monoisotopic (exact) mass is 444 g/mol. The molecule has 4 heteroatoms. The number of benzene rings is 2. The van der Waals surface area contributed by atoms with E-state index in [-0.39, 0.29) is 11.5 Å². The van der Waals surface area contributed by atoms with Crippen molar-refractivity contribution in [2.75, 3.05) is 13.2 Å². The fraction of sp³-hybridized carbons (Fsp3) is 0.379. The maximum atomic E-state index is 6.39. The average molecular weight is 445 g/mol. The molecule has 172 valence electrons. The van der Waals surface area contributed by atoms with Crippen LogP contribution in [0.3, 0.4) is 0 Å². The zero-order valence-electron chi connectivity index (χ0n) is 19.7. The van der Waals surface area contributed by atoms with E-state index in [9.17, 15) is 0 Å². The zero-order valence-corrected chi connectivity index (χ0v) is 19.7. The number of hydrogen-bond donors (Lipinski definition) is 0.